The van der Waals surface area contributed by atoms with Gasteiger partial charge in [0.15, 0.2) is 0 Å². The highest BCUT2D eigenvalue weighted by Crippen LogP contribution is 1.96. The van der Waals surface area contributed by atoms with Crippen LogP contribution in [0.25, 0.3) is 0 Å². The monoisotopic (exact) mass is 170 g/mol. The molecule has 9 heavy (non-hydrogen) atoms. The molecule has 0 aromatic heterocycles. The summed E-state index contributed by atoms with van der Waals surface area (Å²) in [5.41, 5.74) is 0. The van der Waals surface area contributed by atoms with Crippen LogP contribution in [0.1, 0.15) is 12.8 Å². The van der Waals surface area contributed by atoms with Crippen LogP contribution in [0.4, 0.5) is 0 Å². The second-order valence-corrected chi connectivity index (χ2v) is 3.93. The van der Waals surface area contributed by atoms with Gasteiger partial charge < -0.3 is 0 Å². The van der Waals surface area contributed by atoms with E-state index in [1.165, 1.54) is 0 Å². The molecule has 0 heterocycles. The molecule has 0 aliphatic carbocycles. The van der Waals surface area contributed by atoms with Crippen LogP contribution in [0, 0.1) is 0 Å². The first kappa shape index (κ1) is 9.34. The molecule has 0 aliphatic rings. The van der Waals surface area contributed by atoms with Gasteiger partial charge in [0, 0.05) is 0 Å². The zero-order chi connectivity index (χ0) is 7.33. The van der Waals surface area contributed by atoms with Gasteiger partial charge in [-0.25, -0.2) is 0 Å². The largest absolute Gasteiger partial charge is 0.286 e. The Morgan fingerprint density at radius 3 is 2.22 bits per heavy atom. The second kappa shape index (κ2) is 4.20. The number of rotatable bonds is 4. The average Bonchev–Trinajstić information content (AvgIpc) is 1.63. The summed E-state index contributed by atoms with van der Waals surface area (Å²) >= 11 is 0. The Balaban J connectivity index is 3.30. The van der Waals surface area contributed by atoms with Crippen molar-refractivity contribution in [2.24, 2.45) is 0 Å². The molecule has 0 spiro atoms. The highest BCUT2D eigenvalue weighted by molar-refractivity contribution is 7.85. The third-order valence-corrected chi connectivity index (χ3v) is 2.07. The van der Waals surface area contributed by atoms with Gasteiger partial charge in [-0.05, 0) is 19.0 Å². The van der Waals surface area contributed by atoms with Crippen LogP contribution in [0.3, 0.4) is 0 Å². The quantitative estimate of drug-likeness (QED) is 0.380. The van der Waals surface area contributed by atoms with Crippen LogP contribution in [0.5, 0.6) is 0 Å². The minimum atomic E-state index is -3.71. The van der Waals surface area contributed by atoms with Gasteiger partial charge in [-0.3, -0.25) is 4.55 Å². The van der Waals surface area contributed by atoms with E-state index in [2.05, 4.69) is 9.24 Å². The maximum Gasteiger partial charge on any atom is 0.264 e. The fourth-order valence-electron chi connectivity index (χ4n) is 0.429. The van der Waals surface area contributed by atoms with Crippen LogP contribution in [-0.4, -0.2) is 24.9 Å². The minimum Gasteiger partial charge on any atom is -0.286 e. The van der Waals surface area contributed by atoms with E-state index in [0.29, 0.717) is 6.42 Å². The fourth-order valence-corrected chi connectivity index (χ4v) is 1.29. The summed E-state index contributed by atoms with van der Waals surface area (Å²) in [6.07, 6.45) is 2.25. The van der Waals surface area contributed by atoms with Gasteiger partial charge in [-0.2, -0.15) is 8.42 Å². The molecule has 0 rings (SSSR count). The van der Waals surface area contributed by atoms with Crippen LogP contribution in [0.2, 0.25) is 0 Å². The number of hydrogen-bond acceptors (Lipinski definition) is 2. The maximum absolute atomic E-state index is 10.1. The molecule has 1 unspecified atom stereocenters. The fraction of sp³-hybridized carbons (Fsp3) is 1.00. The van der Waals surface area contributed by atoms with E-state index >= 15 is 0 Å². The Hall–Kier alpha value is 0.340. The van der Waals surface area contributed by atoms with Crippen molar-refractivity contribution in [3.8, 4) is 0 Å². The summed E-state index contributed by atoms with van der Waals surface area (Å²) in [5, 5.41) is 0. The lowest BCUT2D eigenvalue weighted by Crippen LogP contribution is -2.03. The molecule has 1 N–H and O–H groups in total. The predicted octanol–water partition coefficient (Wildman–Crippen LogP) is 0.530. The molecule has 0 aromatic carbocycles. The molecule has 0 aromatic rings. The SMILES string of the molecule is O=S(=O)(O)CCCCP. The zero-order valence-corrected chi connectivity index (χ0v) is 7.05. The summed E-state index contributed by atoms with van der Waals surface area (Å²) in [7, 11) is -1.21. The molecule has 5 heteroatoms. The van der Waals surface area contributed by atoms with E-state index in [4.69, 9.17) is 4.55 Å². The van der Waals surface area contributed by atoms with Crippen LogP contribution in [0.15, 0.2) is 0 Å². The Morgan fingerprint density at radius 2 is 1.89 bits per heavy atom. The van der Waals surface area contributed by atoms with Gasteiger partial charge in [-0.15, -0.1) is 9.24 Å². The Labute approximate surface area is 57.8 Å². The molecule has 3 nitrogen and oxygen atoms in total. The third-order valence-electron chi connectivity index (χ3n) is 0.856. The van der Waals surface area contributed by atoms with Gasteiger partial charge >= 0.3 is 0 Å². The van der Waals surface area contributed by atoms with Gasteiger partial charge in [0.05, 0.1) is 5.75 Å². The van der Waals surface area contributed by atoms with Gasteiger partial charge in [0.1, 0.15) is 0 Å². The average molecular weight is 170 g/mol. The van der Waals surface area contributed by atoms with Crippen molar-refractivity contribution in [1.29, 1.82) is 0 Å². The Bertz CT molecular complexity index is 151. The zero-order valence-electron chi connectivity index (χ0n) is 5.08. The normalized spacial score (nSPS) is 11.8. The summed E-state index contributed by atoms with van der Waals surface area (Å²) in [4.78, 5) is 0. The van der Waals surface area contributed by atoms with Crippen molar-refractivity contribution in [2.45, 2.75) is 12.8 Å². The van der Waals surface area contributed by atoms with E-state index in [1.807, 2.05) is 0 Å². The second-order valence-electron chi connectivity index (χ2n) is 1.78. The molecule has 1 atom stereocenters. The van der Waals surface area contributed by atoms with Crippen molar-refractivity contribution < 1.29 is 13.0 Å². The van der Waals surface area contributed by atoms with Gasteiger partial charge in [-0.1, -0.05) is 0 Å². The third kappa shape index (κ3) is 8.34. The van der Waals surface area contributed by atoms with E-state index in [0.717, 1.165) is 12.6 Å². The van der Waals surface area contributed by atoms with Crippen molar-refractivity contribution >= 4 is 19.4 Å². The van der Waals surface area contributed by atoms with E-state index in [1.54, 1.807) is 0 Å². The molecule has 0 aliphatic heterocycles. The Morgan fingerprint density at radius 1 is 1.33 bits per heavy atom. The highest BCUT2D eigenvalue weighted by Gasteiger charge is 2.01. The first-order chi connectivity index (χ1) is 4.06. The smallest absolute Gasteiger partial charge is 0.264 e. The lowest BCUT2D eigenvalue weighted by molar-refractivity contribution is 0.481. The summed E-state index contributed by atoms with van der Waals surface area (Å²) in [6.45, 7) is 0. The number of hydrogen-bond donors (Lipinski definition) is 1. The molecule has 0 saturated carbocycles. The van der Waals surface area contributed by atoms with Crippen LogP contribution >= 0.6 is 9.24 Å². The van der Waals surface area contributed by atoms with E-state index in [-0.39, 0.29) is 5.75 Å². The lowest BCUT2D eigenvalue weighted by atomic mass is 10.4. The topological polar surface area (TPSA) is 54.4 Å². The van der Waals surface area contributed by atoms with Crippen LogP contribution < -0.4 is 0 Å². The van der Waals surface area contributed by atoms with Gasteiger partial charge in [0.2, 0.25) is 0 Å². The summed E-state index contributed by atoms with van der Waals surface area (Å²) < 4.78 is 28.3. The lowest BCUT2D eigenvalue weighted by Gasteiger charge is -1.92. The molecule has 0 radical (unpaired) electrons. The number of unbranched alkanes of at least 4 members (excludes halogenated alkanes) is 1. The molecule has 0 bridgehead atoms. The van der Waals surface area contributed by atoms with Crippen molar-refractivity contribution in [3.05, 3.63) is 0 Å². The predicted molar refractivity (Wildman–Crippen MR) is 40.2 cm³/mol. The van der Waals surface area contributed by atoms with Crippen molar-refractivity contribution in [2.75, 3.05) is 11.9 Å². The van der Waals surface area contributed by atoms with Crippen molar-refractivity contribution in [3.63, 3.8) is 0 Å². The van der Waals surface area contributed by atoms with Crippen LogP contribution in [-0.2, 0) is 10.1 Å². The standard InChI is InChI=1S/C4H11O3PS/c5-9(6,7)4-2-1-3-8/h1-4,8H2,(H,5,6,7). The summed E-state index contributed by atoms with van der Waals surface area (Å²) in [5.74, 6) is -0.110. The molecule has 0 saturated heterocycles. The maximum atomic E-state index is 10.1. The highest BCUT2D eigenvalue weighted by atomic mass is 32.2. The minimum absolute atomic E-state index is 0.110. The van der Waals surface area contributed by atoms with Gasteiger partial charge in [0.25, 0.3) is 10.1 Å². The molecule has 0 fully saturated rings. The Kier molecular flexibility index (Phi) is 4.36. The van der Waals surface area contributed by atoms with E-state index in [9.17, 15) is 8.42 Å². The first-order valence-electron chi connectivity index (χ1n) is 2.71. The molecular formula is C4H11O3PS. The molecule has 56 valence electrons. The summed E-state index contributed by atoms with van der Waals surface area (Å²) in [6, 6.07) is 0. The first-order valence-corrected chi connectivity index (χ1v) is 5.14. The molecule has 0 amide bonds. The van der Waals surface area contributed by atoms with Crippen molar-refractivity contribution in [1.82, 2.24) is 0 Å². The molecular weight excluding hydrogens is 159 g/mol. The van der Waals surface area contributed by atoms with E-state index < -0.39 is 10.1 Å².